The molecule has 1 aromatic rings. The highest BCUT2D eigenvalue weighted by Gasteiger charge is 2.15. The molecule has 0 aliphatic carbocycles. The average Bonchev–Trinajstić information content (AvgIpc) is 2.53. The highest BCUT2D eigenvalue weighted by molar-refractivity contribution is 7.92. The predicted octanol–water partition coefficient (Wildman–Crippen LogP) is 1.39. The minimum atomic E-state index is -3.30. The topological polar surface area (TPSA) is 84.9 Å². The maximum absolute atomic E-state index is 11.9. The molecule has 1 N–H and O–H groups in total. The molecule has 1 rings (SSSR count). The molecule has 0 aromatic heterocycles. The molecule has 1 amide bonds. The van der Waals surface area contributed by atoms with Crippen molar-refractivity contribution in [3.8, 4) is 5.75 Å². The number of nitrogens with one attached hydrogen (secondary N) is 1. The molecule has 0 spiro atoms. The summed E-state index contributed by atoms with van der Waals surface area (Å²) >= 11 is 0. The smallest absolute Gasteiger partial charge is 0.260 e. The molecule has 1 aromatic carbocycles. The second kappa shape index (κ2) is 9.48. The van der Waals surface area contributed by atoms with Gasteiger partial charge in [-0.1, -0.05) is 0 Å². The summed E-state index contributed by atoms with van der Waals surface area (Å²) in [6.07, 6.45) is 1.24. The Morgan fingerprint density at radius 3 is 2.46 bits per heavy atom. The van der Waals surface area contributed by atoms with Gasteiger partial charge in [-0.25, -0.2) is 8.42 Å². The van der Waals surface area contributed by atoms with Gasteiger partial charge in [0.15, 0.2) is 6.10 Å². The number of benzene rings is 1. The highest BCUT2D eigenvalue weighted by atomic mass is 32.2. The van der Waals surface area contributed by atoms with Gasteiger partial charge in [0.2, 0.25) is 10.0 Å². The summed E-state index contributed by atoms with van der Waals surface area (Å²) in [5.41, 5.74) is 0.526. The van der Waals surface area contributed by atoms with E-state index in [2.05, 4.69) is 5.32 Å². The zero-order valence-corrected chi connectivity index (χ0v) is 15.4. The molecule has 0 aliphatic heterocycles. The fourth-order valence-corrected chi connectivity index (χ4v) is 2.36. The second-order valence-electron chi connectivity index (χ2n) is 5.33. The second-order valence-corrected chi connectivity index (χ2v) is 7.34. The van der Waals surface area contributed by atoms with Crippen molar-refractivity contribution in [2.45, 2.75) is 26.4 Å². The normalized spacial score (nSPS) is 12.5. The summed E-state index contributed by atoms with van der Waals surface area (Å²) < 4.78 is 34.9. The summed E-state index contributed by atoms with van der Waals surface area (Å²) in [6.45, 7) is 5.39. The quantitative estimate of drug-likeness (QED) is 0.639. The molecule has 24 heavy (non-hydrogen) atoms. The lowest BCUT2D eigenvalue weighted by molar-refractivity contribution is -0.127. The fraction of sp³-hybridized carbons (Fsp3) is 0.562. The Balaban J connectivity index is 2.49. The van der Waals surface area contributed by atoms with Gasteiger partial charge in [-0.05, 0) is 44.5 Å². The van der Waals surface area contributed by atoms with Gasteiger partial charge in [-0.2, -0.15) is 0 Å². The Morgan fingerprint density at radius 2 is 1.92 bits per heavy atom. The van der Waals surface area contributed by atoms with Crippen molar-refractivity contribution in [1.82, 2.24) is 5.32 Å². The minimum Gasteiger partial charge on any atom is -0.481 e. The number of nitrogens with zero attached hydrogens (tertiary/aromatic N) is 1. The number of amides is 1. The Morgan fingerprint density at radius 1 is 1.29 bits per heavy atom. The molecule has 0 aliphatic rings. The maximum Gasteiger partial charge on any atom is 0.260 e. The first kappa shape index (κ1) is 20.2. The van der Waals surface area contributed by atoms with Crippen LogP contribution in [0.4, 0.5) is 5.69 Å². The van der Waals surface area contributed by atoms with Gasteiger partial charge in [0.25, 0.3) is 5.91 Å². The number of hydrogen-bond acceptors (Lipinski definition) is 5. The van der Waals surface area contributed by atoms with E-state index in [4.69, 9.17) is 9.47 Å². The van der Waals surface area contributed by atoms with Crippen LogP contribution in [-0.4, -0.2) is 53.5 Å². The monoisotopic (exact) mass is 358 g/mol. The first-order chi connectivity index (χ1) is 11.3. The number of hydrogen-bond donors (Lipinski definition) is 1. The van der Waals surface area contributed by atoms with Gasteiger partial charge in [0.1, 0.15) is 5.75 Å². The third-order valence-electron chi connectivity index (χ3n) is 3.35. The minimum absolute atomic E-state index is 0.205. The molecule has 0 bridgehead atoms. The van der Waals surface area contributed by atoms with Gasteiger partial charge >= 0.3 is 0 Å². The van der Waals surface area contributed by atoms with Crippen LogP contribution in [-0.2, 0) is 19.6 Å². The summed E-state index contributed by atoms with van der Waals surface area (Å²) in [7, 11) is -1.83. The molecule has 0 fully saturated rings. The Labute approximate surface area is 144 Å². The Bertz CT molecular complexity index is 616. The number of carbonyl (C=O) groups is 1. The Kier molecular flexibility index (Phi) is 8.00. The van der Waals surface area contributed by atoms with Crippen molar-refractivity contribution in [1.29, 1.82) is 0 Å². The molecular formula is C16H26N2O5S. The van der Waals surface area contributed by atoms with Gasteiger partial charge in [0, 0.05) is 26.8 Å². The summed E-state index contributed by atoms with van der Waals surface area (Å²) in [6, 6.07) is 6.53. The van der Waals surface area contributed by atoms with Gasteiger partial charge in [-0.3, -0.25) is 9.10 Å². The predicted molar refractivity (Wildman–Crippen MR) is 93.9 cm³/mol. The molecule has 7 nitrogen and oxygen atoms in total. The summed E-state index contributed by atoms with van der Waals surface area (Å²) in [5, 5.41) is 2.78. The van der Waals surface area contributed by atoms with E-state index >= 15 is 0 Å². The number of carbonyl (C=O) groups excluding carboxylic acids is 1. The number of sulfonamides is 1. The fourth-order valence-electron chi connectivity index (χ4n) is 1.86. The number of ether oxygens (including phenoxy) is 2. The third-order valence-corrected chi connectivity index (χ3v) is 4.55. The van der Waals surface area contributed by atoms with Gasteiger partial charge < -0.3 is 14.8 Å². The molecule has 0 unspecified atom stereocenters. The summed E-state index contributed by atoms with van der Waals surface area (Å²) in [5.74, 6) is 0.293. The van der Waals surface area contributed by atoms with Crippen molar-refractivity contribution >= 4 is 21.6 Å². The van der Waals surface area contributed by atoms with Crippen molar-refractivity contribution in [2.24, 2.45) is 0 Å². The van der Waals surface area contributed by atoms with Crippen molar-refractivity contribution in [2.75, 3.05) is 37.4 Å². The van der Waals surface area contributed by atoms with Crippen LogP contribution in [0.3, 0.4) is 0 Å². The molecule has 0 saturated carbocycles. The molecule has 8 heteroatoms. The van der Waals surface area contributed by atoms with E-state index < -0.39 is 16.1 Å². The van der Waals surface area contributed by atoms with Crippen molar-refractivity contribution in [3.05, 3.63) is 24.3 Å². The lowest BCUT2D eigenvalue weighted by Crippen LogP contribution is -2.37. The van der Waals surface area contributed by atoms with Crippen LogP contribution >= 0.6 is 0 Å². The van der Waals surface area contributed by atoms with Crippen LogP contribution in [0.25, 0.3) is 0 Å². The molecule has 0 radical (unpaired) electrons. The van der Waals surface area contributed by atoms with Crippen LogP contribution in [0.1, 0.15) is 20.3 Å². The van der Waals surface area contributed by atoms with E-state index in [-0.39, 0.29) is 5.91 Å². The van der Waals surface area contributed by atoms with Crippen LogP contribution in [0.5, 0.6) is 5.75 Å². The lowest BCUT2D eigenvalue weighted by Gasteiger charge is -2.18. The molecule has 0 saturated heterocycles. The molecular weight excluding hydrogens is 332 g/mol. The van der Waals surface area contributed by atoms with Crippen molar-refractivity contribution < 1.29 is 22.7 Å². The highest BCUT2D eigenvalue weighted by Crippen LogP contribution is 2.20. The maximum atomic E-state index is 11.9. The van der Waals surface area contributed by atoms with E-state index in [9.17, 15) is 13.2 Å². The SMILES string of the molecule is CCOCCCNC(=O)[C@@H](C)Oc1ccc(N(C)S(C)(=O)=O)cc1. The first-order valence-corrected chi connectivity index (χ1v) is 9.66. The van der Waals surface area contributed by atoms with Crippen LogP contribution in [0, 0.1) is 0 Å². The van der Waals surface area contributed by atoms with Crippen LogP contribution in [0.15, 0.2) is 24.3 Å². The van der Waals surface area contributed by atoms with Gasteiger partial charge in [0.05, 0.1) is 11.9 Å². The largest absolute Gasteiger partial charge is 0.481 e. The van der Waals surface area contributed by atoms with E-state index in [1.165, 1.54) is 11.4 Å². The van der Waals surface area contributed by atoms with Crippen LogP contribution < -0.4 is 14.4 Å². The molecule has 1 atom stereocenters. The standard InChI is InChI=1S/C16H26N2O5S/c1-5-22-12-6-11-17-16(19)13(2)23-15-9-7-14(8-10-15)18(3)24(4,20)21/h7-10,13H,5-6,11-12H2,1-4H3,(H,17,19)/t13-/m1/s1. The van der Waals surface area contributed by atoms with E-state index in [0.717, 1.165) is 12.7 Å². The number of rotatable bonds is 10. The van der Waals surface area contributed by atoms with E-state index in [0.29, 0.717) is 31.2 Å². The zero-order chi connectivity index (χ0) is 18.2. The van der Waals surface area contributed by atoms with Crippen LogP contribution in [0.2, 0.25) is 0 Å². The molecule has 0 heterocycles. The van der Waals surface area contributed by atoms with Crippen molar-refractivity contribution in [3.63, 3.8) is 0 Å². The Hall–Kier alpha value is -1.80. The zero-order valence-electron chi connectivity index (χ0n) is 14.6. The third kappa shape index (κ3) is 6.76. The van der Waals surface area contributed by atoms with Gasteiger partial charge in [-0.15, -0.1) is 0 Å². The summed E-state index contributed by atoms with van der Waals surface area (Å²) in [4.78, 5) is 11.9. The average molecular weight is 358 g/mol. The first-order valence-electron chi connectivity index (χ1n) is 7.81. The van der Waals surface area contributed by atoms with E-state index in [1.807, 2.05) is 6.92 Å². The molecule has 136 valence electrons. The lowest BCUT2D eigenvalue weighted by atomic mass is 10.3. The van der Waals surface area contributed by atoms with E-state index in [1.54, 1.807) is 31.2 Å². The number of anilines is 1.